The molecule has 0 atom stereocenters. The lowest BCUT2D eigenvalue weighted by Crippen LogP contribution is -2.07. The van der Waals surface area contributed by atoms with E-state index in [1.165, 1.54) is 4.88 Å². The van der Waals surface area contributed by atoms with Gasteiger partial charge in [0, 0.05) is 10.4 Å². The summed E-state index contributed by atoms with van der Waals surface area (Å²) in [5.74, 6) is 6.15. The van der Waals surface area contributed by atoms with Crippen LogP contribution in [0.5, 0.6) is 0 Å². The highest BCUT2D eigenvalue weighted by Crippen LogP contribution is 2.35. The zero-order chi connectivity index (χ0) is 14.8. The number of nitriles is 1. The van der Waals surface area contributed by atoms with E-state index in [-0.39, 0.29) is 5.41 Å². The first kappa shape index (κ1) is 14.7. The van der Waals surface area contributed by atoms with Gasteiger partial charge in [-0.25, -0.2) is 0 Å². The molecule has 0 aliphatic rings. The molecule has 1 nitrogen and oxygen atoms in total. The third-order valence-electron chi connectivity index (χ3n) is 2.76. The van der Waals surface area contributed by atoms with Crippen LogP contribution in [-0.4, -0.2) is 0 Å². The molecule has 0 saturated carbocycles. The Labute approximate surface area is 128 Å². The standard InChI is InChI=1S/C17H14ClNS/c1-17(2,3)15-10-14(16(18)20-15)8-7-12-5-4-6-13(9-12)11-19/h4-6,9-10H,1-3H3. The fraction of sp³-hybridized carbons (Fsp3) is 0.235. The monoisotopic (exact) mass is 299 g/mol. The van der Waals surface area contributed by atoms with E-state index in [4.69, 9.17) is 16.9 Å². The Bertz CT molecular complexity index is 733. The quantitative estimate of drug-likeness (QED) is 0.630. The van der Waals surface area contributed by atoms with Gasteiger partial charge in [-0.05, 0) is 29.7 Å². The van der Waals surface area contributed by atoms with Crippen molar-refractivity contribution >= 4 is 22.9 Å². The van der Waals surface area contributed by atoms with Gasteiger partial charge in [-0.3, -0.25) is 0 Å². The van der Waals surface area contributed by atoms with E-state index >= 15 is 0 Å². The summed E-state index contributed by atoms with van der Waals surface area (Å²) < 4.78 is 0.721. The number of rotatable bonds is 0. The van der Waals surface area contributed by atoms with E-state index in [0.29, 0.717) is 5.56 Å². The highest BCUT2D eigenvalue weighted by atomic mass is 35.5. The SMILES string of the molecule is CC(C)(C)c1cc(C#Cc2cccc(C#N)c2)c(Cl)s1. The first-order valence-electron chi connectivity index (χ1n) is 6.22. The van der Waals surface area contributed by atoms with Gasteiger partial charge in [0.1, 0.15) is 4.34 Å². The fourth-order valence-corrected chi connectivity index (χ4v) is 2.88. The van der Waals surface area contributed by atoms with Crippen molar-refractivity contribution < 1.29 is 0 Å². The molecule has 20 heavy (non-hydrogen) atoms. The van der Waals surface area contributed by atoms with Crippen LogP contribution in [0.3, 0.4) is 0 Å². The highest BCUT2D eigenvalue weighted by Gasteiger charge is 2.18. The van der Waals surface area contributed by atoms with Crippen LogP contribution in [0.2, 0.25) is 4.34 Å². The zero-order valence-electron chi connectivity index (χ0n) is 11.6. The summed E-state index contributed by atoms with van der Waals surface area (Å²) in [5.41, 5.74) is 2.37. The normalized spacial score (nSPS) is 10.6. The summed E-state index contributed by atoms with van der Waals surface area (Å²) in [4.78, 5) is 1.22. The van der Waals surface area contributed by atoms with Gasteiger partial charge < -0.3 is 0 Å². The van der Waals surface area contributed by atoms with E-state index < -0.39 is 0 Å². The first-order chi connectivity index (χ1) is 9.40. The van der Waals surface area contributed by atoms with Gasteiger partial charge >= 0.3 is 0 Å². The molecular formula is C17H14ClNS. The molecule has 0 amide bonds. The lowest BCUT2D eigenvalue weighted by Gasteiger charge is -2.14. The number of hydrogen-bond acceptors (Lipinski definition) is 2. The van der Waals surface area contributed by atoms with Crippen LogP contribution in [0, 0.1) is 23.2 Å². The van der Waals surface area contributed by atoms with Crippen LogP contribution in [0.15, 0.2) is 30.3 Å². The Morgan fingerprint density at radius 2 is 1.80 bits per heavy atom. The topological polar surface area (TPSA) is 23.8 Å². The maximum atomic E-state index is 8.87. The van der Waals surface area contributed by atoms with E-state index in [0.717, 1.165) is 15.5 Å². The minimum Gasteiger partial charge on any atom is -0.192 e. The Hall–Kier alpha value is -1.74. The second kappa shape index (κ2) is 5.71. The van der Waals surface area contributed by atoms with Gasteiger partial charge in [-0.15, -0.1) is 11.3 Å². The number of halogens is 1. The minimum atomic E-state index is 0.0783. The van der Waals surface area contributed by atoms with Gasteiger partial charge in [0.05, 0.1) is 17.2 Å². The maximum absolute atomic E-state index is 8.87. The molecule has 2 rings (SSSR count). The van der Waals surface area contributed by atoms with Crippen molar-refractivity contribution in [1.29, 1.82) is 5.26 Å². The lowest BCUT2D eigenvalue weighted by molar-refractivity contribution is 0.604. The van der Waals surface area contributed by atoms with Crippen molar-refractivity contribution in [1.82, 2.24) is 0 Å². The molecule has 1 heterocycles. The van der Waals surface area contributed by atoms with Gasteiger partial charge in [-0.2, -0.15) is 5.26 Å². The van der Waals surface area contributed by atoms with Crippen LogP contribution in [0.4, 0.5) is 0 Å². The van der Waals surface area contributed by atoms with Gasteiger partial charge in [0.2, 0.25) is 0 Å². The molecule has 1 aromatic heterocycles. The summed E-state index contributed by atoms with van der Waals surface area (Å²) >= 11 is 7.81. The summed E-state index contributed by atoms with van der Waals surface area (Å²) in [6.45, 7) is 6.47. The molecule has 3 heteroatoms. The zero-order valence-corrected chi connectivity index (χ0v) is 13.2. The fourth-order valence-electron chi connectivity index (χ4n) is 1.63. The maximum Gasteiger partial charge on any atom is 0.109 e. The smallest absolute Gasteiger partial charge is 0.109 e. The summed E-state index contributed by atoms with van der Waals surface area (Å²) in [6, 6.07) is 11.4. The Morgan fingerprint density at radius 1 is 1.10 bits per heavy atom. The molecular weight excluding hydrogens is 286 g/mol. The predicted molar refractivity (Wildman–Crippen MR) is 85.2 cm³/mol. The summed E-state index contributed by atoms with van der Waals surface area (Å²) in [6.07, 6.45) is 0. The number of nitrogens with zero attached hydrogens (tertiary/aromatic N) is 1. The third-order valence-corrected chi connectivity index (χ3v) is 4.54. The summed E-state index contributed by atoms with van der Waals surface area (Å²) in [5, 5.41) is 8.87. The highest BCUT2D eigenvalue weighted by molar-refractivity contribution is 7.16. The molecule has 0 N–H and O–H groups in total. The van der Waals surface area contributed by atoms with Crippen LogP contribution < -0.4 is 0 Å². The van der Waals surface area contributed by atoms with Crippen molar-refractivity contribution in [3.63, 3.8) is 0 Å². The van der Waals surface area contributed by atoms with Crippen LogP contribution in [0.1, 0.15) is 42.3 Å². The Kier molecular flexibility index (Phi) is 4.19. The van der Waals surface area contributed by atoms with Crippen molar-refractivity contribution in [2.45, 2.75) is 26.2 Å². The molecule has 2 aromatic rings. The molecule has 100 valence electrons. The molecule has 0 aliphatic carbocycles. The predicted octanol–water partition coefficient (Wildman–Crippen LogP) is 4.97. The number of hydrogen-bond donors (Lipinski definition) is 0. The van der Waals surface area contributed by atoms with Crippen LogP contribution in [-0.2, 0) is 5.41 Å². The molecule has 0 unspecified atom stereocenters. The average molecular weight is 300 g/mol. The Morgan fingerprint density at radius 3 is 2.40 bits per heavy atom. The van der Waals surface area contributed by atoms with Crippen LogP contribution in [0.25, 0.3) is 0 Å². The van der Waals surface area contributed by atoms with Crippen molar-refractivity contribution in [3.05, 3.63) is 56.2 Å². The molecule has 0 spiro atoms. The molecule has 0 radical (unpaired) electrons. The van der Waals surface area contributed by atoms with Crippen molar-refractivity contribution in [2.75, 3.05) is 0 Å². The first-order valence-corrected chi connectivity index (χ1v) is 7.41. The number of benzene rings is 1. The molecule has 0 aliphatic heterocycles. The van der Waals surface area contributed by atoms with Crippen molar-refractivity contribution in [3.8, 4) is 17.9 Å². The van der Waals surface area contributed by atoms with Gasteiger partial charge in [0.25, 0.3) is 0 Å². The molecule has 1 aromatic carbocycles. The second-order valence-electron chi connectivity index (χ2n) is 5.49. The third kappa shape index (κ3) is 3.42. The van der Waals surface area contributed by atoms with Gasteiger partial charge in [-0.1, -0.05) is 50.3 Å². The second-order valence-corrected chi connectivity index (χ2v) is 7.14. The van der Waals surface area contributed by atoms with E-state index in [9.17, 15) is 0 Å². The van der Waals surface area contributed by atoms with E-state index in [1.807, 2.05) is 18.2 Å². The van der Waals surface area contributed by atoms with Crippen LogP contribution >= 0.6 is 22.9 Å². The molecule has 0 saturated heterocycles. The molecule has 0 bridgehead atoms. The van der Waals surface area contributed by atoms with Crippen molar-refractivity contribution in [2.24, 2.45) is 0 Å². The van der Waals surface area contributed by atoms with Gasteiger partial charge in [0.15, 0.2) is 0 Å². The minimum absolute atomic E-state index is 0.0783. The van der Waals surface area contributed by atoms with E-state index in [2.05, 4.69) is 38.7 Å². The average Bonchev–Trinajstić information content (AvgIpc) is 2.78. The Balaban J connectivity index is 2.34. The van der Waals surface area contributed by atoms with E-state index in [1.54, 1.807) is 23.5 Å². The molecule has 0 fully saturated rings. The summed E-state index contributed by atoms with van der Waals surface area (Å²) in [7, 11) is 0. The number of thiophene rings is 1. The lowest BCUT2D eigenvalue weighted by atomic mass is 9.94. The largest absolute Gasteiger partial charge is 0.192 e.